The molecule has 0 bridgehead atoms. The Morgan fingerprint density at radius 2 is 1.96 bits per heavy atom. The van der Waals surface area contributed by atoms with Gasteiger partial charge in [0.05, 0.1) is 17.9 Å². The fourth-order valence-electron chi connectivity index (χ4n) is 2.88. The summed E-state index contributed by atoms with van der Waals surface area (Å²) in [5, 5.41) is 3.18. The topological polar surface area (TPSA) is 96.7 Å². The van der Waals surface area contributed by atoms with Gasteiger partial charge in [0.1, 0.15) is 5.84 Å². The Kier molecular flexibility index (Phi) is 7.14. The zero-order valence-corrected chi connectivity index (χ0v) is 16.1. The van der Waals surface area contributed by atoms with Gasteiger partial charge in [0.15, 0.2) is 0 Å². The molecular formula is C21H27N5O. The summed E-state index contributed by atoms with van der Waals surface area (Å²) in [5.74, 6) is 0.685. The highest BCUT2D eigenvalue weighted by molar-refractivity contribution is 6.12. The number of benzene rings is 2. The van der Waals surface area contributed by atoms with Gasteiger partial charge in [-0.3, -0.25) is 9.79 Å². The molecule has 0 aliphatic carbocycles. The SMILES string of the molecule is CN=C1Nc2ccccc2N(C=O)C/C1=C/N.Cc1ccc(CN)c(C)c1. The Morgan fingerprint density at radius 1 is 1.22 bits per heavy atom. The van der Waals surface area contributed by atoms with E-state index in [4.69, 9.17) is 11.5 Å². The van der Waals surface area contributed by atoms with Crippen molar-refractivity contribution < 1.29 is 4.79 Å². The average Bonchev–Trinajstić information content (AvgIpc) is 2.84. The van der Waals surface area contributed by atoms with Crippen molar-refractivity contribution in [3.63, 3.8) is 0 Å². The fourth-order valence-corrected chi connectivity index (χ4v) is 2.88. The van der Waals surface area contributed by atoms with E-state index in [0.717, 1.165) is 23.4 Å². The first-order valence-electron chi connectivity index (χ1n) is 8.76. The molecule has 0 atom stereocenters. The molecule has 142 valence electrons. The molecule has 1 heterocycles. The normalized spacial score (nSPS) is 16.1. The van der Waals surface area contributed by atoms with Gasteiger partial charge in [-0.15, -0.1) is 0 Å². The molecule has 1 aliphatic rings. The summed E-state index contributed by atoms with van der Waals surface area (Å²) in [7, 11) is 1.69. The molecule has 5 N–H and O–H groups in total. The Morgan fingerprint density at radius 3 is 2.56 bits per heavy atom. The average molecular weight is 365 g/mol. The predicted molar refractivity (Wildman–Crippen MR) is 113 cm³/mol. The fraction of sp³-hybridized carbons (Fsp3) is 0.238. The van der Waals surface area contributed by atoms with Crippen LogP contribution in [0.25, 0.3) is 0 Å². The molecule has 27 heavy (non-hydrogen) atoms. The molecule has 0 spiro atoms. The van der Waals surface area contributed by atoms with E-state index in [1.54, 1.807) is 11.9 Å². The lowest BCUT2D eigenvalue weighted by Crippen LogP contribution is -2.25. The molecule has 1 amide bonds. The van der Waals surface area contributed by atoms with Crippen molar-refractivity contribution in [3.05, 3.63) is 70.9 Å². The van der Waals surface area contributed by atoms with E-state index in [1.165, 1.54) is 22.9 Å². The molecule has 0 saturated carbocycles. The largest absolute Gasteiger partial charge is 0.404 e. The number of nitrogens with two attached hydrogens (primary N) is 2. The number of hydrogen-bond donors (Lipinski definition) is 3. The molecule has 1 aliphatic heterocycles. The van der Waals surface area contributed by atoms with Crippen LogP contribution >= 0.6 is 0 Å². The van der Waals surface area contributed by atoms with Crippen LogP contribution in [0.15, 0.2) is 59.2 Å². The number of amidine groups is 1. The van der Waals surface area contributed by atoms with Gasteiger partial charge in [0.2, 0.25) is 6.41 Å². The maximum atomic E-state index is 11.1. The number of nitrogens with one attached hydrogen (secondary N) is 1. The number of para-hydroxylation sites is 2. The number of amides is 1. The second kappa shape index (κ2) is 9.54. The third kappa shape index (κ3) is 4.95. The maximum absolute atomic E-state index is 11.1. The lowest BCUT2D eigenvalue weighted by Gasteiger charge is -2.16. The Labute approximate surface area is 160 Å². The van der Waals surface area contributed by atoms with E-state index >= 15 is 0 Å². The first-order valence-corrected chi connectivity index (χ1v) is 8.76. The molecule has 6 heteroatoms. The highest BCUT2D eigenvalue weighted by Gasteiger charge is 2.20. The van der Waals surface area contributed by atoms with Crippen molar-refractivity contribution in [1.82, 2.24) is 0 Å². The third-order valence-corrected chi connectivity index (χ3v) is 4.38. The molecular weight excluding hydrogens is 338 g/mol. The maximum Gasteiger partial charge on any atom is 0.214 e. The molecule has 0 saturated heterocycles. The van der Waals surface area contributed by atoms with Gasteiger partial charge < -0.3 is 21.7 Å². The molecule has 3 rings (SSSR count). The summed E-state index contributed by atoms with van der Waals surface area (Å²) in [6.45, 7) is 5.24. The molecule has 0 unspecified atom stereocenters. The van der Waals surface area contributed by atoms with Crippen LogP contribution in [0.2, 0.25) is 0 Å². The summed E-state index contributed by atoms with van der Waals surface area (Å²) >= 11 is 0. The molecule has 0 radical (unpaired) electrons. The summed E-state index contributed by atoms with van der Waals surface area (Å²) < 4.78 is 0. The summed E-state index contributed by atoms with van der Waals surface area (Å²) in [5.41, 5.74) is 17.4. The van der Waals surface area contributed by atoms with Gasteiger partial charge in [-0.25, -0.2) is 0 Å². The lowest BCUT2D eigenvalue weighted by molar-refractivity contribution is -0.107. The minimum absolute atomic E-state index is 0.413. The van der Waals surface area contributed by atoms with E-state index in [-0.39, 0.29) is 0 Å². The van der Waals surface area contributed by atoms with E-state index in [0.29, 0.717) is 18.9 Å². The van der Waals surface area contributed by atoms with Crippen LogP contribution in [-0.4, -0.2) is 25.8 Å². The van der Waals surface area contributed by atoms with Crippen molar-refractivity contribution in [1.29, 1.82) is 0 Å². The summed E-state index contributed by atoms with van der Waals surface area (Å²) in [6.07, 6.45) is 2.26. The van der Waals surface area contributed by atoms with E-state index < -0.39 is 0 Å². The van der Waals surface area contributed by atoms with Crippen LogP contribution in [0.3, 0.4) is 0 Å². The van der Waals surface area contributed by atoms with Crippen molar-refractivity contribution in [3.8, 4) is 0 Å². The van der Waals surface area contributed by atoms with E-state index in [1.807, 2.05) is 24.3 Å². The Balaban J connectivity index is 0.000000223. The first-order chi connectivity index (χ1) is 13.0. The monoisotopic (exact) mass is 365 g/mol. The van der Waals surface area contributed by atoms with Crippen LogP contribution in [-0.2, 0) is 11.3 Å². The predicted octanol–water partition coefficient (Wildman–Crippen LogP) is 2.71. The number of fused-ring (bicyclic) bond motifs is 1. The number of aryl methyl sites for hydroxylation is 2. The Hall–Kier alpha value is -3.12. The van der Waals surface area contributed by atoms with Gasteiger partial charge in [-0.1, -0.05) is 35.9 Å². The minimum atomic E-state index is 0.413. The van der Waals surface area contributed by atoms with Gasteiger partial charge in [0, 0.05) is 25.4 Å². The summed E-state index contributed by atoms with van der Waals surface area (Å²) in [4.78, 5) is 16.9. The van der Waals surface area contributed by atoms with Crippen LogP contribution in [0.4, 0.5) is 11.4 Å². The van der Waals surface area contributed by atoms with Crippen LogP contribution in [0.1, 0.15) is 16.7 Å². The number of carbonyl (C=O) groups excluding carboxylic acids is 1. The van der Waals surface area contributed by atoms with Gasteiger partial charge >= 0.3 is 0 Å². The molecule has 6 nitrogen and oxygen atoms in total. The Bertz CT molecular complexity index is 857. The molecule has 0 fully saturated rings. The quantitative estimate of drug-likeness (QED) is 0.713. The number of carbonyl (C=O) groups is 1. The third-order valence-electron chi connectivity index (χ3n) is 4.38. The smallest absolute Gasteiger partial charge is 0.214 e. The van der Waals surface area contributed by atoms with Gasteiger partial charge in [-0.05, 0) is 37.1 Å². The standard InChI is InChI=1S/C12H14N4O.C9H13N/c1-14-12-9(6-13)7-16(8-17)11-5-3-2-4-10(11)15-12;1-7-3-4-9(6-10)8(2)5-7/h2-6,8H,7,13H2,1H3,(H,14,15);3-5H,6,10H2,1-2H3/b9-6-;. The second-order valence-corrected chi connectivity index (χ2v) is 6.27. The highest BCUT2D eigenvalue weighted by Crippen LogP contribution is 2.28. The van der Waals surface area contributed by atoms with Crippen LogP contribution in [0, 0.1) is 13.8 Å². The summed E-state index contributed by atoms with van der Waals surface area (Å²) in [6, 6.07) is 13.9. The van der Waals surface area contributed by atoms with Crippen molar-refractivity contribution in [2.45, 2.75) is 20.4 Å². The number of aliphatic imine (C=N–C) groups is 1. The molecule has 0 aromatic heterocycles. The van der Waals surface area contributed by atoms with E-state index in [2.05, 4.69) is 42.4 Å². The van der Waals surface area contributed by atoms with Gasteiger partial charge in [0.25, 0.3) is 0 Å². The minimum Gasteiger partial charge on any atom is -0.404 e. The zero-order chi connectivity index (χ0) is 19.8. The zero-order valence-electron chi connectivity index (χ0n) is 16.1. The first kappa shape index (κ1) is 20.2. The van der Waals surface area contributed by atoms with Crippen molar-refractivity contribution in [2.75, 3.05) is 23.8 Å². The van der Waals surface area contributed by atoms with Gasteiger partial charge in [-0.2, -0.15) is 0 Å². The van der Waals surface area contributed by atoms with Crippen molar-refractivity contribution >= 4 is 23.6 Å². The second-order valence-electron chi connectivity index (χ2n) is 6.27. The molecule has 2 aromatic rings. The number of hydrogen-bond acceptors (Lipinski definition) is 4. The van der Waals surface area contributed by atoms with Crippen LogP contribution in [0.5, 0.6) is 0 Å². The van der Waals surface area contributed by atoms with Crippen molar-refractivity contribution in [2.24, 2.45) is 16.5 Å². The number of rotatable bonds is 2. The van der Waals surface area contributed by atoms with E-state index in [9.17, 15) is 4.79 Å². The highest BCUT2D eigenvalue weighted by atomic mass is 16.1. The number of nitrogens with zero attached hydrogens (tertiary/aromatic N) is 2. The molecule has 2 aromatic carbocycles. The number of anilines is 2. The van der Waals surface area contributed by atoms with Crippen LogP contribution < -0.4 is 21.7 Å². The lowest BCUT2D eigenvalue weighted by atomic mass is 10.1.